The summed E-state index contributed by atoms with van der Waals surface area (Å²) < 4.78 is 5.07. The standard InChI is InChI=1S/C11H23N3O2/c1-13-6-4-5-9(8-13)14(2)11(15)10(7-12)16-3/h9-10H,4-8,12H2,1-3H3. The molecule has 0 aromatic rings. The summed E-state index contributed by atoms with van der Waals surface area (Å²) in [5, 5.41) is 0. The van der Waals surface area contributed by atoms with E-state index in [2.05, 4.69) is 11.9 Å². The van der Waals surface area contributed by atoms with Gasteiger partial charge in [0.15, 0.2) is 0 Å². The number of ether oxygens (including phenoxy) is 1. The molecule has 1 rings (SSSR count). The largest absolute Gasteiger partial charge is 0.370 e. The third-order valence-corrected chi connectivity index (χ3v) is 3.27. The lowest BCUT2D eigenvalue weighted by molar-refractivity contribution is -0.143. The molecule has 0 saturated carbocycles. The second-order valence-corrected chi connectivity index (χ2v) is 4.47. The van der Waals surface area contributed by atoms with Gasteiger partial charge in [-0.1, -0.05) is 0 Å². The lowest BCUT2D eigenvalue weighted by Crippen LogP contribution is -2.51. The predicted octanol–water partition coefficient (Wildman–Crippen LogP) is -0.487. The Hall–Kier alpha value is -0.650. The highest BCUT2D eigenvalue weighted by Gasteiger charge is 2.28. The van der Waals surface area contributed by atoms with Crippen LogP contribution in [0.1, 0.15) is 12.8 Å². The lowest BCUT2D eigenvalue weighted by atomic mass is 10.0. The number of nitrogens with zero attached hydrogens (tertiary/aromatic N) is 2. The number of carbonyl (C=O) groups excluding carboxylic acids is 1. The summed E-state index contributed by atoms with van der Waals surface area (Å²) >= 11 is 0. The molecule has 2 unspecified atom stereocenters. The molecule has 2 N–H and O–H groups in total. The molecule has 1 amide bonds. The van der Waals surface area contributed by atoms with Crippen molar-refractivity contribution in [1.29, 1.82) is 0 Å². The van der Waals surface area contributed by atoms with Gasteiger partial charge in [-0.2, -0.15) is 0 Å². The van der Waals surface area contributed by atoms with Crippen LogP contribution in [0, 0.1) is 0 Å². The highest BCUT2D eigenvalue weighted by molar-refractivity contribution is 5.81. The van der Waals surface area contributed by atoms with Crippen molar-refractivity contribution < 1.29 is 9.53 Å². The average molecular weight is 229 g/mol. The Morgan fingerprint density at radius 2 is 2.38 bits per heavy atom. The molecule has 94 valence electrons. The molecule has 0 spiro atoms. The molecule has 0 bridgehead atoms. The Kier molecular flexibility index (Phi) is 5.18. The first-order valence-corrected chi connectivity index (χ1v) is 5.78. The fraction of sp³-hybridized carbons (Fsp3) is 0.909. The van der Waals surface area contributed by atoms with E-state index in [0.717, 1.165) is 25.9 Å². The van der Waals surface area contributed by atoms with E-state index in [1.165, 1.54) is 7.11 Å². The van der Waals surface area contributed by atoms with Crippen molar-refractivity contribution in [3.63, 3.8) is 0 Å². The van der Waals surface area contributed by atoms with Crippen molar-refractivity contribution in [3.8, 4) is 0 Å². The van der Waals surface area contributed by atoms with E-state index < -0.39 is 6.10 Å². The number of rotatable bonds is 4. The van der Waals surface area contributed by atoms with E-state index in [4.69, 9.17) is 10.5 Å². The summed E-state index contributed by atoms with van der Waals surface area (Å²) in [6.07, 6.45) is 1.70. The van der Waals surface area contributed by atoms with Crippen LogP contribution in [-0.4, -0.2) is 68.7 Å². The number of likely N-dealkylation sites (tertiary alicyclic amines) is 1. The Balaban J connectivity index is 2.55. The van der Waals surface area contributed by atoms with Gasteiger partial charge in [0, 0.05) is 33.3 Å². The molecule has 0 aromatic carbocycles. The van der Waals surface area contributed by atoms with E-state index in [9.17, 15) is 4.79 Å². The van der Waals surface area contributed by atoms with Crippen LogP contribution in [-0.2, 0) is 9.53 Å². The smallest absolute Gasteiger partial charge is 0.253 e. The van der Waals surface area contributed by atoms with E-state index in [1.807, 2.05) is 7.05 Å². The fourth-order valence-electron chi connectivity index (χ4n) is 2.16. The van der Waals surface area contributed by atoms with Gasteiger partial charge in [-0.05, 0) is 26.4 Å². The minimum absolute atomic E-state index is 0.00898. The van der Waals surface area contributed by atoms with Crippen LogP contribution in [0.25, 0.3) is 0 Å². The van der Waals surface area contributed by atoms with Crippen molar-refractivity contribution >= 4 is 5.91 Å². The summed E-state index contributed by atoms with van der Waals surface area (Å²) in [6, 6.07) is 0.287. The SMILES string of the molecule is COC(CN)C(=O)N(C)C1CCCN(C)C1. The lowest BCUT2D eigenvalue weighted by Gasteiger charge is -2.36. The van der Waals surface area contributed by atoms with Gasteiger partial charge in [0.05, 0.1) is 0 Å². The van der Waals surface area contributed by atoms with E-state index >= 15 is 0 Å². The molecule has 0 aliphatic carbocycles. The number of carbonyl (C=O) groups is 1. The summed E-state index contributed by atoms with van der Waals surface area (Å²) in [5.41, 5.74) is 5.50. The maximum Gasteiger partial charge on any atom is 0.253 e. The van der Waals surface area contributed by atoms with E-state index in [-0.39, 0.29) is 18.5 Å². The van der Waals surface area contributed by atoms with Crippen LogP contribution in [0.3, 0.4) is 0 Å². The van der Waals surface area contributed by atoms with Crippen molar-refractivity contribution in [1.82, 2.24) is 9.80 Å². The quantitative estimate of drug-likeness (QED) is 0.707. The first-order chi connectivity index (χ1) is 7.60. The van der Waals surface area contributed by atoms with Crippen LogP contribution in [0.15, 0.2) is 0 Å². The average Bonchev–Trinajstić information content (AvgIpc) is 2.29. The number of methoxy groups -OCH3 is 1. The van der Waals surface area contributed by atoms with Gasteiger partial charge in [-0.25, -0.2) is 0 Å². The van der Waals surface area contributed by atoms with E-state index in [0.29, 0.717) is 0 Å². The molecule has 1 aliphatic heterocycles. The zero-order valence-electron chi connectivity index (χ0n) is 10.5. The third kappa shape index (κ3) is 3.17. The second-order valence-electron chi connectivity index (χ2n) is 4.47. The highest BCUT2D eigenvalue weighted by Crippen LogP contribution is 2.14. The van der Waals surface area contributed by atoms with Crippen molar-refractivity contribution in [2.45, 2.75) is 25.0 Å². The molecule has 5 heteroatoms. The zero-order valence-corrected chi connectivity index (χ0v) is 10.5. The zero-order chi connectivity index (χ0) is 12.1. The van der Waals surface area contributed by atoms with Crippen molar-refractivity contribution in [2.75, 3.05) is 40.8 Å². The summed E-state index contributed by atoms with van der Waals surface area (Å²) in [5.74, 6) is -0.00898. The number of piperidine rings is 1. The number of amides is 1. The molecule has 1 saturated heterocycles. The predicted molar refractivity (Wildman–Crippen MR) is 63.1 cm³/mol. The van der Waals surface area contributed by atoms with Gasteiger partial charge in [0.25, 0.3) is 5.91 Å². The monoisotopic (exact) mass is 229 g/mol. The van der Waals surface area contributed by atoms with Crippen LogP contribution in [0.4, 0.5) is 0 Å². The molecule has 1 heterocycles. The Morgan fingerprint density at radius 3 is 2.88 bits per heavy atom. The van der Waals surface area contributed by atoms with Gasteiger partial charge < -0.3 is 20.3 Å². The van der Waals surface area contributed by atoms with Crippen molar-refractivity contribution in [2.24, 2.45) is 5.73 Å². The summed E-state index contributed by atoms with van der Waals surface area (Å²) in [6.45, 7) is 2.29. The maximum absolute atomic E-state index is 12.0. The Labute approximate surface area is 97.5 Å². The molecule has 1 aliphatic rings. The van der Waals surface area contributed by atoms with Gasteiger partial charge in [0.2, 0.25) is 0 Å². The van der Waals surface area contributed by atoms with Crippen molar-refractivity contribution in [3.05, 3.63) is 0 Å². The normalized spacial score (nSPS) is 24.1. The highest BCUT2D eigenvalue weighted by atomic mass is 16.5. The van der Waals surface area contributed by atoms with Gasteiger partial charge in [0.1, 0.15) is 6.10 Å². The third-order valence-electron chi connectivity index (χ3n) is 3.27. The first-order valence-electron chi connectivity index (χ1n) is 5.78. The van der Waals surface area contributed by atoms with Crippen LogP contribution >= 0.6 is 0 Å². The Morgan fingerprint density at radius 1 is 1.69 bits per heavy atom. The summed E-state index contributed by atoms with van der Waals surface area (Å²) in [7, 11) is 5.45. The van der Waals surface area contributed by atoms with Crippen LogP contribution in [0.2, 0.25) is 0 Å². The number of hydrogen-bond acceptors (Lipinski definition) is 4. The van der Waals surface area contributed by atoms with E-state index in [1.54, 1.807) is 4.90 Å². The minimum Gasteiger partial charge on any atom is -0.370 e. The molecule has 0 radical (unpaired) electrons. The molecule has 2 atom stereocenters. The number of hydrogen-bond donors (Lipinski definition) is 1. The number of nitrogens with two attached hydrogens (primary N) is 1. The molecule has 5 nitrogen and oxygen atoms in total. The minimum atomic E-state index is -0.503. The Bertz CT molecular complexity index is 231. The fourth-order valence-corrected chi connectivity index (χ4v) is 2.16. The second kappa shape index (κ2) is 6.18. The topological polar surface area (TPSA) is 58.8 Å². The van der Waals surface area contributed by atoms with Crippen LogP contribution in [0.5, 0.6) is 0 Å². The first kappa shape index (κ1) is 13.4. The molecule has 0 aromatic heterocycles. The maximum atomic E-state index is 12.0. The molecule has 1 fully saturated rings. The van der Waals surface area contributed by atoms with Gasteiger partial charge >= 0.3 is 0 Å². The molecular weight excluding hydrogens is 206 g/mol. The molecule has 16 heavy (non-hydrogen) atoms. The van der Waals surface area contributed by atoms with Gasteiger partial charge in [-0.3, -0.25) is 4.79 Å². The molecular formula is C11H23N3O2. The summed E-state index contributed by atoms with van der Waals surface area (Å²) in [4.78, 5) is 16.1. The number of likely N-dealkylation sites (N-methyl/N-ethyl adjacent to an activating group) is 2. The van der Waals surface area contributed by atoms with Gasteiger partial charge in [-0.15, -0.1) is 0 Å². The van der Waals surface area contributed by atoms with Crippen LogP contribution < -0.4 is 5.73 Å².